The Bertz CT molecular complexity index is 1600. The van der Waals surface area contributed by atoms with Crippen molar-refractivity contribution in [3.8, 4) is 0 Å². The number of aryl methyl sites for hydroxylation is 2. The molecule has 40 heavy (non-hydrogen) atoms. The quantitative estimate of drug-likeness (QED) is 0.270. The second-order valence-corrected chi connectivity index (χ2v) is 11.6. The van der Waals surface area contributed by atoms with Crippen molar-refractivity contribution in [2.45, 2.75) is 26.8 Å². The van der Waals surface area contributed by atoms with Gasteiger partial charge in [0.25, 0.3) is 11.8 Å². The molecular formula is C32H33N3O4S. The summed E-state index contributed by atoms with van der Waals surface area (Å²) in [6, 6.07) is 29.1. The lowest BCUT2D eigenvalue weighted by atomic mass is 10.1. The topological polar surface area (TPSA) is 95.6 Å². The summed E-state index contributed by atoms with van der Waals surface area (Å²) in [5.41, 5.74) is 5.71. The minimum absolute atomic E-state index is 0.134. The molecule has 8 heteroatoms. The van der Waals surface area contributed by atoms with E-state index in [9.17, 15) is 18.0 Å². The van der Waals surface area contributed by atoms with E-state index in [2.05, 4.69) is 10.6 Å². The molecule has 0 radical (unpaired) electrons. The van der Waals surface area contributed by atoms with Crippen LogP contribution in [0.25, 0.3) is 0 Å². The monoisotopic (exact) mass is 555 g/mol. The van der Waals surface area contributed by atoms with Crippen molar-refractivity contribution in [1.29, 1.82) is 0 Å². The Morgan fingerprint density at radius 3 is 2.10 bits per heavy atom. The Labute approximate surface area is 235 Å². The number of anilines is 2. The van der Waals surface area contributed by atoms with Crippen molar-refractivity contribution in [3.05, 3.63) is 130 Å². The van der Waals surface area contributed by atoms with E-state index < -0.39 is 10.0 Å². The highest BCUT2D eigenvalue weighted by Gasteiger charge is 2.19. The number of amides is 2. The lowest BCUT2D eigenvalue weighted by molar-refractivity contribution is 0.0955. The van der Waals surface area contributed by atoms with Gasteiger partial charge in [-0.05, 0) is 78.9 Å². The van der Waals surface area contributed by atoms with Crippen LogP contribution in [0.1, 0.15) is 43.0 Å². The Balaban J connectivity index is 1.42. The van der Waals surface area contributed by atoms with Gasteiger partial charge < -0.3 is 10.6 Å². The zero-order valence-electron chi connectivity index (χ0n) is 22.8. The molecule has 4 aromatic rings. The van der Waals surface area contributed by atoms with Crippen LogP contribution in [0.5, 0.6) is 0 Å². The van der Waals surface area contributed by atoms with E-state index in [1.165, 1.54) is 10.6 Å². The first-order valence-electron chi connectivity index (χ1n) is 13.0. The molecular weight excluding hydrogens is 522 g/mol. The number of benzene rings is 4. The van der Waals surface area contributed by atoms with Crippen LogP contribution in [-0.2, 0) is 23.0 Å². The largest absolute Gasteiger partial charge is 0.352 e. The molecule has 7 nitrogen and oxygen atoms in total. The number of hydrogen-bond donors (Lipinski definition) is 2. The molecule has 4 rings (SSSR count). The van der Waals surface area contributed by atoms with Crippen molar-refractivity contribution < 1.29 is 18.0 Å². The smallest absolute Gasteiger partial charge is 0.255 e. The summed E-state index contributed by atoms with van der Waals surface area (Å²) in [6.07, 6.45) is 1.88. The van der Waals surface area contributed by atoms with Crippen LogP contribution >= 0.6 is 0 Å². The van der Waals surface area contributed by atoms with Crippen LogP contribution in [0.4, 0.5) is 11.4 Å². The fourth-order valence-corrected chi connectivity index (χ4v) is 5.13. The van der Waals surface area contributed by atoms with E-state index in [-0.39, 0.29) is 18.4 Å². The standard InChI is InChI=1S/C32H33N3O4S/c1-23-13-18-28(21-24(23)2)35(40(3,38)39)22-26-14-16-27(17-15-26)31(36)34-30-12-8-7-11-29(30)32(37)33-20-19-25-9-5-4-6-10-25/h4-18,21H,19-20,22H2,1-3H3,(H,33,37)(H,34,36). The van der Waals surface area contributed by atoms with E-state index >= 15 is 0 Å². The molecule has 2 amide bonds. The molecule has 0 heterocycles. The van der Waals surface area contributed by atoms with Crippen molar-refractivity contribution in [2.75, 3.05) is 22.4 Å². The van der Waals surface area contributed by atoms with Gasteiger partial charge in [-0.2, -0.15) is 0 Å². The van der Waals surface area contributed by atoms with E-state index in [1.807, 2.05) is 56.3 Å². The predicted octanol–water partition coefficient (Wildman–Crippen LogP) is 5.49. The maximum atomic E-state index is 13.0. The number of rotatable bonds is 10. The number of sulfonamides is 1. The molecule has 0 spiro atoms. The van der Waals surface area contributed by atoms with E-state index in [0.29, 0.717) is 35.5 Å². The average molecular weight is 556 g/mol. The lowest BCUT2D eigenvalue weighted by Gasteiger charge is -2.23. The Kier molecular flexibility index (Phi) is 9.01. The third kappa shape index (κ3) is 7.36. The zero-order chi connectivity index (χ0) is 28.7. The van der Waals surface area contributed by atoms with Crippen molar-refractivity contribution in [3.63, 3.8) is 0 Å². The highest BCUT2D eigenvalue weighted by Crippen LogP contribution is 2.24. The molecule has 0 unspecified atom stereocenters. The molecule has 2 N–H and O–H groups in total. The Morgan fingerprint density at radius 2 is 1.43 bits per heavy atom. The maximum Gasteiger partial charge on any atom is 0.255 e. The van der Waals surface area contributed by atoms with Gasteiger partial charge in [0.2, 0.25) is 10.0 Å². The SMILES string of the molecule is Cc1ccc(N(Cc2ccc(C(=O)Nc3ccccc3C(=O)NCCc3ccccc3)cc2)S(C)(=O)=O)cc1C. The summed E-state index contributed by atoms with van der Waals surface area (Å²) >= 11 is 0. The number of carbonyl (C=O) groups excluding carboxylic acids is 2. The van der Waals surface area contributed by atoms with Crippen LogP contribution < -0.4 is 14.9 Å². The number of hydrogen-bond acceptors (Lipinski definition) is 4. The number of carbonyl (C=O) groups is 2. The molecule has 0 aromatic heterocycles. The average Bonchev–Trinajstić information content (AvgIpc) is 2.94. The molecule has 0 aliphatic heterocycles. The third-order valence-corrected chi connectivity index (χ3v) is 7.82. The Hall–Kier alpha value is -4.43. The summed E-state index contributed by atoms with van der Waals surface area (Å²) < 4.78 is 26.5. The minimum Gasteiger partial charge on any atom is -0.352 e. The number of nitrogens with one attached hydrogen (secondary N) is 2. The summed E-state index contributed by atoms with van der Waals surface area (Å²) in [5.74, 6) is -0.639. The van der Waals surface area contributed by atoms with Gasteiger partial charge in [0.05, 0.1) is 29.7 Å². The van der Waals surface area contributed by atoms with Gasteiger partial charge in [-0.3, -0.25) is 13.9 Å². The van der Waals surface area contributed by atoms with Gasteiger partial charge in [-0.15, -0.1) is 0 Å². The first-order valence-corrected chi connectivity index (χ1v) is 14.8. The van der Waals surface area contributed by atoms with Crippen LogP contribution in [0.15, 0.2) is 97.1 Å². The first-order chi connectivity index (χ1) is 19.1. The molecule has 0 bridgehead atoms. The van der Waals surface area contributed by atoms with E-state index in [4.69, 9.17) is 0 Å². The molecule has 4 aromatic carbocycles. The van der Waals surface area contributed by atoms with Gasteiger partial charge in [-0.1, -0.05) is 60.7 Å². The fraction of sp³-hybridized carbons (Fsp3) is 0.188. The van der Waals surface area contributed by atoms with Gasteiger partial charge in [0.1, 0.15) is 0 Å². The summed E-state index contributed by atoms with van der Waals surface area (Å²) in [5, 5.41) is 5.75. The van der Waals surface area contributed by atoms with Crippen molar-refractivity contribution in [2.24, 2.45) is 0 Å². The van der Waals surface area contributed by atoms with Gasteiger partial charge in [0, 0.05) is 12.1 Å². The van der Waals surface area contributed by atoms with Crippen LogP contribution in [0.2, 0.25) is 0 Å². The fourth-order valence-electron chi connectivity index (χ4n) is 4.25. The van der Waals surface area contributed by atoms with Crippen LogP contribution in [0.3, 0.4) is 0 Å². The lowest BCUT2D eigenvalue weighted by Crippen LogP contribution is -2.29. The van der Waals surface area contributed by atoms with Crippen LogP contribution in [0, 0.1) is 13.8 Å². The normalized spacial score (nSPS) is 11.1. The number of nitrogens with zero attached hydrogens (tertiary/aromatic N) is 1. The maximum absolute atomic E-state index is 13.0. The highest BCUT2D eigenvalue weighted by atomic mass is 32.2. The van der Waals surface area contributed by atoms with E-state index in [1.54, 1.807) is 54.6 Å². The van der Waals surface area contributed by atoms with Gasteiger partial charge >= 0.3 is 0 Å². The van der Waals surface area contributed by atoms with Crippen molar-refractivity contribution in [1.82, 2.24) is 5.32 Å². The zero-order valence-corrected chi connectivity index (χ0v) is 23.7. The van der Waals surface area contributed by atoms with Gasteiger partial charge in [0.15, 0.2) is 0 Å². The molecule has 0 fully saturated rings. The molecule has 0 aliphatic carbocycles. The molecule has 0 saturated heterocycles. The molecule has 0 saturated carbocycles. The first kappa shape index (κ1) is 28.6. The second-order valence-electron chi connectivity index (χ2n) is 9.73. The molecule has 0 aliphatic rings. The predicted molar refractivity (Wildman–Crippen MR) is 160 cm³/mol. The van der Waals surface area contributed by atoms with Gasteiger partial charge in [-0.25, -0.2) is 8.42 Å². The van der Waals surface area contributed by atoms with E-state index in [0.717, 1.165) is 22.3 Å². The summed E-state index contributed by atoms with van der Waals surface area (Å²) in [4.78, 5) is 25.9. The van der Waals surface area contributed by atoms with Crippen molar-refractivity contribution >= 4 is 33.2 Å². The number of para-hydroxylation sites is 1. The summed E-state index contributed by atoms with van der Waals surface area (Å²) in [6.45, 7) is 4.53. The Morgan fingerprint density at radius 1 is 0.750 bits per heavy atom. The van der Waals surface area contributed by atoms with Crippen LogP contribution in [-0.4, -0.2) is 33.0 Å². The highest BCUT2D eigenvalue weighted by molar-refractivity contribution is 7.92. The summed E-state index contributed by atoms with van der Waals surface area (Å²) in [7, 11) is -3.53. The third-order valence-electron chi connectivity index (χ3n) is 6.68. The minimum atomic E-state index is -3.53. The second kappa shape index (κ2) is 12.6. The molecule has 206 valence electrons. The molecule has 0 atom stereocenters.